The van der Waals surface area contributed by atoms with E-state index in [0.717, 1.165) is 21.8 Å². The molecule has 0 fully saturated rings. The fourth-order valence-corrected chi connectivity index (χ4v) is 1.55. The van der Waals surface area contributed by atoms with E-state index in [-0.39, 0.29) is 0 Å². The van der Waals surface area contributed by atoms with Gasteiger partial charge >= 0.3 is 0 Å². The maximum absolute atomic E-state index is 4.28. The Bertz CT molecular complexity index is 499. The van der Waals surface area contributed by atoms with Gasteiger partial charge in [-0.15, -0.1) is 0 Å². The molecule has 14 heavy (non-hydrogen) atoms. The minimum atomic E-state index is 0.959. The molecule has 0 N–H and O–H groups in total. The van der Waals surface area contributed by atoms with E-state index in [9.17, 15) is 0 Å². The van der Waals surface area contributed by atoms with E-state index in [0.29, 0.717) is 0 Å². The van der Waals surface area contributed by atoms with E-state index >= 15 is 0 Å². The lowest BCUT2D eigenvalue weighted by Crippen LogP contribution is -1.83. The smallest absolute Gasteiger partial charge is 0.116 e. The molecule has 0 saturated heterocycles. The highest BCUT2D eigenvalue weighted by Crippen LogP contribution is 2.18. The third-order valence-corrected chi connectivity index (χ3v) is 2.23. The highest BCUT2D eigenvalue weighted by Gasteiger charge is 1.98. The molecule has 3 aromatic rings. The summed E-state index contributed by atoms with van der Waals surface area (Å²) in [6, 6.07) is 7.99. The summed E-state index contributed by atoms with van der Waals surface area (Å²) in [5, 5.41) is 2.14. The lowest BCUT2D eigenvalue weighted by atomic mass is 10.1. The average Bonchev–Trinajstić information content (AvgIpc) is 2.26. The van der Waals surface area contributed by atoms with Gasteiger partial charge in [0, 0.05) is 23.2 Å². The summed E-state index contributed by atoms with van der Waals surface area (Å²) in [5.74, 6) is 0. The number of nitrogens with zero attached hydrogens (tertiary/aromatic N) is 3. The first-order valence-corrected chi connectivity index (χ1v) is 4.38. The molecule has 2 heterocycles. The van der Waals surface area contributed by atoms with Crippen molar-refractivity contribution >= 4 is 21.8 Å². The quantitative estimate of drug-likeness (QED) is 0.499. The zero-order valence-corrected chi connectivity index (χ0v) is 7.38. The van der Waals surface area contributed by atoms with E-state index in [1.807, 2.05) is 24.3 Å². The molecule has 66 valence electrons. The maximum Gasteiger partial charge on any atom is 0.116 e. The van der Waals surface area contributed by atoms with Crippen molar-refractivity contribution in [3.05, 3.63) is 43.0 Å². The van der Waals surface area contributed by atoms with Crippen LogP contribution in [0.1, 0.15) is 0 Å². The predicted molar refractivity (Wildman–Crippen MR) is 54.8 cm³/mol. The van der Waals surface area contributed by atoms with Crippen molar-refractivity contribution in [2.24, 2.45) is 0 Å². The van der Waals surface area contributed by atoms with E-state index in [4.69, 9.17) is 0 Å². The Kier molecular flexibility index (Phi) is 1.44. The predicted octanol–water partition coefficient (Wildman–Crippen LogP) is 2.18. The molecule has 3 heteroatoms. The monoisotopic (exact) mass is 181 g/mol. The topological polar surface area (TPSA) is 38.7 Å². The van der Waals surface area contributed by atoms with Gasteiger partial charge in [-0.3, -0.25) is 4.98 Å². The van der Waals surface area contributed by atoms with Gasteiger partial charge in [0.1, 0.15) is 6.33 Å². The summed E-state index contributed by atoms with van der Waals surface area (Å²) < 4.78 is 0. The summed E-state index contributed by atoms with van der Waals surface area (Å²) in [4.78, 5) is 12.4. The van der Waals surface area contributed by atoms with Crippen LogP contribution in [0.25, 0.3) is 21.8 Å². The fraction of sp³-hybridized carbons (Fsp3) is 0. The number of rotatable bonds is 0. The zero-order chi connectivity index (χ0) is 9.38. The lowest BCUT2D eigenvalue weighted by Gasteiger charge is -1.98. The highest BCUT2D eigenvalue weighted by atomic mass is 14.8. The molecule has 0 amide bonds. The fourth-order valence-electron chi connectivity index (χ4n) is 1.55. The number of hydrogen-bond acceptors (Lipinski definition) is 3. The third-order valence-electron chi connectivity index (χ3n) is 2.23. The van der Waals surface area contributed by atoms with E-state index < -0.39 is 0 Å². The van der Waals surface area contributed by atoms with E-state index in [1.54, 1.807) is 18.7 Å². The molecule has 1 aromatic carbocycles. The van der Waals surface area contributed by atoms with Crippen molar-refractivity contribution in [3.8, 4) is 0 Å². The number of aromatic nitrogens is 3. The van der Waals surface area contributed by atoms with Crippen molar-refractivity contribution in [1.82, 2.24) is 15.0 Å². The summed E-state index contributed by atoms with van der Waals surface area (Å²) >= 11 is 0. The van der Waals surface area contributed by atoms with Crippen LogP contribution >= 0.6 is 0 Å². The van der Waals surface area contributed by atoms with Crippen molar-refractivity contribution in [1.29, 1.82) is 0 Å². The molecule has 0 atom stereocenters. The Labute approximate surface area is 80.5 Å². The summed E-state index contributed by atoms with van der Waals surface area (Å²) in [6.07, 6.45) is 5.15. The first-order valence-electron chi connectivity index (χ1n) is 4.38. The molecule has 0 aliphatic rings. The average molecular weight is 181 g/mol. The van der Waals surface area contributed by atoms with Gasteiger partial charge in [0.05, 0.1) is 11.0 Å². The molecular formula is C11H7N3. The first kappa shape index (κ1) is 7.38. The molecule has 2 aromatic heterocycles. The van der Waals surface area contributed by atoms with Crippen LogP contribution in [0.15, 0.2) is 43.0 Å². The molecule has 0 bridgehead atoms. The molecular weight excluding hydrogens is 174 g/mol. The Morgan fingerprint density at radius 3 is 2.79 bits per heavy atom. The van der Waals surface area contributed by atoms with Gasteiger partial charge in [-0.2, -0.15) is 0 Å². The van der Waals surface area contributed by atoms with Gasteiger partial charge in [-0.05, 0) is 18.2 Å². The van der Waals surface area contributed by atoms with Crippen LogP contribution in [0.4, 0.5) is 0 Å². The van der Waals surface area contributed by atoms with Crippen molar-refractivity contribution in [2.45, 2.75) is 0 Å². The second kappa shape index (κ2) is 2.73. The molecule has 0 radical (unpaired) electrons. The normalized spacial score (nSPS) is 10.9. The zero-order valence-electron chi connectivity index (χ0n) is 7.38. The van der Waals surface area contributed by atoms with Gasteiger partial charge < -0.3 is 0 Å². The summed E-state index contributed by atoms with van der Waals surface area (Å²) in [7, 11) is 0. The standard InChI is InChI=1S/C11H7N3/c1-2-8-4-11-9(6-12-7-14-11)5-10(8)13-3-1/h1-7H. The van der Waals surface area contributed by atoms with Crippen LogP contribution in [0.5, 0.6) is 0 Å². The van der Waals surface area contributed by atoms with E-state index in [2.05, 4.69) is 15.0 Å². The minimum absolute atomic E-state index is 0.959. The minimum Gasteiger partial charge on any atom is -0.256 e. The summed E-state index contributed by atoms with van der Waals surface area (Å²) in [6.45, 7) is 0. The summed E-state index contributed by atoms with van der Waals surface area (Å²) in [5.41, 5.74) is 1.94. The molecule has 3 rings (SSSR count). The van der Waals surface area contributed by atoms with Crippen LogP contribution in [-0.4, -0.2) is 15.0 Å². The second-order valence-corrected chi connectivity index (χ2v) is 3.13. The highest BCUT2D eigenvalue weighted by molar-refractivity contribution is 5.93. The van der Waals surface area contributed by atoms with Crippen LogP contribution in [0.2, 0.25) is 0 Å². The van der Waals surface area contributed by atoms with Crippen LogP contribution < -0.4 is 0 Å². The van der Waals surface area contributed by atoms with Gasteiger partial charge in [0.2, 0.25) is 0 Å². The Hall–Kier alpha value is -2.03. The second-order valence-electron chi connectivity index (χ2n) is 3.13. The van der Waals surface area contributed by atoms with Gasteiger partial charge in [0.15, 0.2) is 0 Å². The number of benzene rings is 1. The van der Waals surface area contributed by atoms with Crippen LogP contribution in [0, 0.1) is 0 Å². The SMILES string of the molecule is c1cnc2cc3cncnc3cc2c1. The number of pyridine rings is 1. The van der Waals surface area contributed by atoms with Crippen molar-refractivity contribution < 1.29 is 0 Å². The van der Waals surface area contributed by atoms with Crippen LogP contribution in [0.3, 0.4) is 0 Å². The molecule has 0 unspecified atom stereocenters. The molecule has 0 aliphatic carbocycles. The largest absolute Gasteiger partial charge is 0.256 e. The molecule has 0 saturated carbocycles. The molecule has 0 aliphatic heterocycles. The Morgan fingerprint density at radius 1 is 0.929 bits per heavy atom. The third kappa shape index (κ3) is 1.03. The van der Waals surface area contributed by atoms with Crippen LogP contribution in [-0.2, 0) is 0 Å². The van der Waals surface area contributed by atoms with Gasteiger partial charge in [-0.1, -0.05) is 6.07 Å². The molecule has 0 spiro atoms. The Balaban J connectivity index is 2.52. The van der Waals surface area contributed by atoms with Crippen molar-refractivity contribution in [2.75, 3.05) is 0 Å². The number of hydrogen-bond donors (Lipinski definition) is 0. The van der Waals surface area contributed by atoms with Gasteiger partial charge in [-0.25, -0.2) is 9.97 Å². The lowest BCUT2D eigenvalue weighted by molar-refractivity contribution is 1.22. The molecule has 3 nitrogen and oxygen atoms in total. The Morgan fingerprint density at radius 2 is 1.79 bits per heavy atom. The van der Waals surface area contributed by atoms with Gasteiger partial charge in [0.25, 0.3) is 0 Å². The number of fused-ring (bicyclic) bond motifs is 2. The first-order chi connectivity index (χ1) is 6.93. The maximum atomic E-state index is 4.28. The van der Waals surface area contributed by atoms with Crippen molar-refractivity contribution in [3.63, 3.8) is 0 Å². The van der Waals surface area contributed by atoms with E-state index in [1.165, 1.54) is 0 Å².